The molecule has 1 aliphatic rings. The number of likely N-dealkylation sites (N-methyl/N-ethyl adjacent to an activating group) is 1. The maximum Gasteiger partial charge on any atom is 0.223 e. The van der Waals surface area contributed by atoms with Crippen molar-refractivity contribution in [2.75, 3.05) is 26.7 Å². The number of likely N-dealkylation sites (tertiary alicyclic amines) is 1. The maximum absolute atomic E-state index is 13.3. The lowest BCUT2D eigenvalue weighted by atomic mass is 10.0. The second-order valence-corrected chi connectivity index (χ2v) is 8.03. The van der Waals surface area contributed by atoms with Gasteiger partial charge in [-0.05, 0) is 50.2 Å². The van der Waals surface area contributed by atoms with Crippen LogP contribution >= 0.6 is 0 Å². The number of hydrogen-bond acceptors (Lipinski definition) is 4. The van der Waals surface area contributed by atoms with Gasteiger partial charge in [0.25, 0.3) is 0 Å². The summed E-state index contributed by atoms with van der Waals surface area (Å²) in [5.74, 6) is 0.592. The van der Waals surface area contributed by atoms with Gasteiger partial charge in [-0.2, -0.15) is 0 Å². The molecule has 3 aromatic rings. The molecule has 0 aliphatic carbocycles. The van der Waals surface area contributed by atoms with Gasteiger partial charge in [0.1, 0.15) is 11.6 Å². The van der Waals surface area contributed by atoms with Crippen molar-refractivity contribution in [2.45, 2.75) is 38.1 Å². The first-order valence-electron chi connectivity index (χ1n) is 10.6. The van der Waals surface area contributed by atoms with Gasteiger partial charge in [0.2, 0.25) is 5.91 Å². The highest BCUT2D eigenvalue weighted by molar-refractivity contribution is 5.77. The van der Waals surface area contributed by atoms with E-state index in [1.54, 1.807) is 6.07 Å². The lowest BCUT2D eigenvalue weighted by Crippen LogP contribution is -2.49. The summed E-state index contributed by atoms with van der Waals surface area (Å²) in [5.41, 5.74) is 2.50. The molecule has 30 heavy (non-hydrogen) atoms. The van der Waals surface area contributed by atoms with Crippen LogP contribution in [-0.2, 0) is 17.6 Å². The Labute approximate surface area is 176 Å². The van der Waals surface area contributed by atoms with E-state index in [1.165, 1.54) is 12.1 Å². The van der Waals surface area contributed by atoms with Crippen LogP contribution < -0.4 is 0 Å². The number of halogens is 1. The van der Waals surface area contributed by atoms with Crippen LogP contribution in [0.4, 0.5) is 4.39 Å². The van der Waals surface area contributed by atoms with Crippen LogP contribution in [0.3, 0.4) is 0 Å². The number of H-pyrrole nitrogens is 1. The number of rotatable bonds is 7. The number of aromatic amines is 1. The van der Waals surface area contributed by atoms with E-state index in [9.17, 15) is 9.18 Å². The predicted octanol–water partition coefficient (Wildman–Crippen LogP) is 3.20. The number of pyridine rings is 1. The number of nitrogens with one attached hydrogen (secondary N) is 1. The molecule has 1 fully saturated rings. The Balaban J connectivity index is 1.28. The number of aryl methyl sites for hydroxylation is 1. The first-order chi connectivity index (χ1) is 14.6. The molecule has 0 spiro atoms. The van der Waals surface area contributed by atoms with Gasteiger partial charge in [-0.1, -0.05) is 6.07 Å². The van der Waals surface area contributed by atoms with E-state index in [0.29, 0.717) is 24.4 Å². The van der Waals surface area contributed by atoms with Crippen molar-refractivity contribution < 1.29 is 9.18 Å². The smallest absolute Gasteiger partial charge is 0.223 e. The van der Waals surface area contributed by atoms with Crippen molar-refractivity contribution >= 4 is 16.9 Å². The summed E-state index contributed by atoms with van der Waals surface area (Å²) in [5, 5.41) is 0. The van der Waals surface area contributed by atoms with Gasteiger partial charge in [0, 0.05) is 56.8 Å². The average Bonchev–Trinajstić information content (AvgIpc) is 3.18. The summed E-state index contributed by atoms with van der Waals surface area (Å²) in [7, 11) is 2.13. The van der Waals surface area contributed by atoms with E-state index in [-0.39, 0.29) is 11.7 Å². The Bertz CT molecular complexity index is 990. The summed E-state index contributed by atoms with van der Waals surface area (Å²) in [6.07, 6.45) is 5.81. The Kier molecular flexibility index (Phi) is 6.38. The van der Waals surface area contributed by atoms with E-state index in [1.807, 2.05) is 23.2 Å². The molecule has 1 atom stereocenters. The van der Waals surface area contributed by atoms with Gasteiger partial charge in [0.05, 0.1) is 11.0 Å². The van der Waals surface area contributed by atoms with Crippen LogP contribution in [0.5, 0.6) is 0 Å². The Morgan fingerprint density at radius 1 is 1.30 bits per heavy atom. The predicted molar refractivity (Wildman–Crippen MR) is 115 cm³/mol. The van der Waals surface area contributed by atoms with Gasteiger partial charge in [0.15, 0.2) is 0 Å². The van der Waals surface area contributed by atoms with Crippen molar-refractivity contribution in [1.29, 1.82) is 0 Å². The van der Waals surface area contributed by atoms with Gasteiger partial charge in [-0.3, -0.25) is 9.78 Å². The summed E-state index contributed by atoms with van der Waals surface area (Å²) >= 11 is 0. The fraction of sp³-hybridized carbons (Fsp3) is 0.435. The SMILES string of the molecule is CN(CCc1ccccn1)C1CCCN(C(=O)CCc2nc3ccc(F)cc3[nH]2)C1. The van der Waals surface area contributed by atoms with Crippen molar-refractivity contribution in [3.8, 4) is 0 Å². The molecule has 1 amide bonds. The van der Waals surface area contributed by atoms with Crippen LogP contribution in [0.25, 0.3) is 11.0 Å². The zero-order valence-electron chi connectivity index (χ0n) is 17.4. The van der Waals surface area contributed by atoms with E-state index in [4.69, 9.17) is 0 Å². The number of carbonyl (C=O) groups excluding carboxylic acids is 1. The first kappa shape index (κ1) is 20.5. The van der Waals surface area contributed by atoms with Crippen LogP contribution in [0.15, 0.2) is 42.6 Å². The van der Waals surface area contributed by atoms with Crippen molar-refractivity contribution in [3.63, 3.8) is 0 Å². The van der Waals surface area contributed by atoms with Crippen LogP contribution in [-0.4, -0.2) is 63.4 Å². The van der Waals surface area contributed by atoms with E-state index in [2.05, 4.69) is 33.0 Å². The molecule has 6 nitrogen and oxygen atoms in total. The molecule has 1 N–H and O–H groups in total. The highest BCUT2D eigenvalue weighted by Gasteiger charge is 2.26. The topological polar surface area (TPSA) is 65.1 Å². The third-order valence-electron chi connectivity index (χ3n) is 5.89. The summed E-state index contributed by atoms with van der Waals surface area (Å²) < 4.78 is 13.3. The van der Waals surface area contributed by atoms with Gasteiger partial charge >= 0.3 is 0 Å². The van der Waals surface area contributed by atoms with E-state index in [0.717, 1.165) is 55.9 Å². The van der Waals surface area contributed by atoms with E-state index >= 15 is 0 Å². The fourth-order valence-corrected chi connectivity index (χ4v) is 4.10. The highest BCUT2D eigenvalue weighted by Crippen LogP contribution is 2.18. The molecule has 0 bridgehead atoms. The molecular formula is C23H28FN5O. The molecule has 1 unspecified atom stereocenters. The number of aromatic nitrogens is 3. The number of piperidine rings is 1. The molecule has 2 aromatic heterocycles. The number of amides is 1. The molecule has 4 rings (SSSR count). The largest absolute Gasteiger partial charge is 0.342 e. The molecule has 1 saturated heterocycles. The molecule has 7 heteroatoms. The standard InChI is InChI=1S/C23H28FN5O/c1-28(14-11-18-5-2-3-12-25-18)19-6-4-13-29(16-19)23(30)10-9-22-26-20-8-7-17(24)15-21(20)27-22/h2-3,5,7-8,12,15,19H,4,6,9-11,13-14,16H2,1H3,(H,26,27). The number of fused-ring (bicyclic) bond motifs is 1. The van der Waals surface area contributed by atoms with E-state index < -0.39 is 0 Å². The van der Waals surface area contributed by atoms with Crippen LogP contribution in [0.1, 0.15) is 30.8 Å². The number of hydrogen-bond donors (Lipinski definition) is 1. The number of imidazole rings is 1. The maximum atomic E-state index is 13.3. The lowest BCUT2D eigenvalue weighted by molar-refractivity contribution is -0.133. The summed E-state index contributed by atoms with van der Waals surface area (Å²) in [4.78, 5) is 29.1. The summed E-state index contributed by atoms with van der Waals surface area (Å²) in [6, 6.07) is 10.9. The second-order valence-electron chi connectivity index (χ2n) is 8.03. The second kappa shape index (κ2) is 9.34. The third-order valence-corrected chi connectivity index (χ3v) is 5.89. The molecule has 1 aliphatic heterocycles. The zero-order valence-corrected chi connectivity index (χ0v) is 17.4. The lowest BCUT2D eigenvalue weighted by Gasteiger charge is -2.37. The molecule has 3 heterocycles. The fourth-order valence-electron chi connectivity index (χ4n) is 4.10. The minimum absolute atomic E-state index is 0.157. The first-order valence-corrected chi connectivity index (χ1v) is 10.6. The van der Waals surface area contributed by atoms with Crippen LogP contribution in [0.2, 0.25) is 0 Å². The highest BCUT2D eigenvalue weighted by atomic mass is 19.1. The monoisotopic (exact) mass is 409 g/mol. The quantitative estimate of drug-likeness (QED) is 0.651. The third kappa shape index (κ3) is 5.02. The Hall–Kier alpha value is -2.80. The van der Waals surface area contributed by atoms with Crippen LogP contribution in [0, 0.1) is 5.82 Å². The summed E-state index contributed by atoms with van der Waals surface area (Å²) in [6.45, 7) is 2.51. The number of carbonyl (C=O) groups is 1. The van der Waals surface area contributed by atoms with Gasteiger partial charge in [-0.15, -0.1) is 0 Å². The van der Waals surface area contributed by atoms with Crippen molar-refractivity contribution in [1.82, 2.24) is 24.8 Å². The van der Waals surface area contributed by atoms with Gasteiger partial charge in [-0.25, -0.2) is 9.37 Å². The normalized spacial score (nSPS) is 17.0. The minimum atomic E-state index is -0.291. The number of benzene rings is 1. The van der Waals surface area contributed by atoms with Crippen molar-refractivity contribution in [3.05, 3.63) is 59.9 Å². The van der Waals surface area contributed by atoms with Gasteiger partial charge < -0.3 is 14.8 Å². The Morgan fingerprint density at radius 2 is 2.20 bits per heavy atom. The molecule has 0 radical (unpaired) electrons. The molecule has 1 aromatic carbocycles. The average molecular weight is 410 g/mol. The number of nitrogens with zero attached hydrogens (tertiary/aromatic N) is 4. The Morgan fingerprint density at radius 3 is 3.03 bits per heavy atom. The minimum Gasteiger partial charge on any atom is -0.342 e. The zero-order chi connectivity index (χ0) is 20.9. The molecule has 0 saturated carbocycles. The molecular weight excluding hydrogens is 381 g/mol. The molecule has 158 valence electrons. The van der Waals surface area contributed by atoms with Crippen molar-refractivity contribution in [2.24, 2.45) is 0 Å².